The normalized spacial score (nSPS) is 19.2. The van der Waals surface area contributed by atoms with E-state index in [2.05, 4.69) is 26.1 Å². The number of fused-ring (bicyclic) bond motifs is 2. The molecule has 0 radical (unpaired) electrons. The average molecular weight is 343 g/mol. The second kappa shape index (κ2) is 5.95. The van der Waals surface area contributed by atoms with E-state index in [-0.39, 0.29) is 17.1 Å². The molecule has 0 saturated carbocycles. The van der Waals surface area contributed by atoms with Crippen molar-refractivity contribution in [3.05, 3.63) is 35.0 Å². The van der Waals surface area contributed by atoms with Gasteiger partial charge < -0.3 is 16.0 Å². The van der Waals surface area contributed by atoms with Crippen molar-refractivity contribution in [2.24, 2.45) is 0 Å². The van der Waals surface area contributed by atoms with E-state index in [1.807, 2.05) is 13.0 Å². The monoisotopic (exact) mass is 343 g/mol. The number of nitrogens with one attached hydrogen (secondary N) is 4. The van der Waals surface area contributed by atoms with Crippen LogP contribution in [0.4, 0.5) is 11.5 Å². The highest BCUT2D eigenvalue weighted by Gasteiger charge is 2.24. The van der Waals surface area contributed by atoms with Crippen LogP contribution in [0.25, 0.3) is 0 Å². The summed E-state index contributed by atoms with van der Waals surface area (Å²) in [4.78, 5) is 25.3. The van der Waals surface area contributed by atoms with Crippen molar-refractivity contribution in [1.82, 2.24) is 15.5 Å². The quantitative estimate of drug-likeness (QED) is 0.666. The number of H-pyrrole nitrogens is 1. The molecule has 1 atom stereocenters. The summed E-state index contributed by atoms with van der Waals surface area (Å²) >= 11 is 1.50. The lowest BCUT2D eigenvalue weighted by molar-refractivity contribution is -0.115. The number of nitrogens with zero attached hydrogens (tertiary/aromatic N) is 1. The van der Waals surface area contributed by atoms with E-state index >= 15 is 0 Å². The number of hydrogen-bond donors (Lipinski definition) is 4. The Balaban J connectivity index is 1.56. The summed E-state index contributed by atoms with van der Waals surface area (Å²) in [7, 11) is 0. The van der Waals surface area contributed by atoms with Gasteiger partial charge in [0.15, 0.2) is 5.82 Å². The molecule has 1 aromatic heterocycles. The summed E-state index contributed by atoms with van der Waals surface area (Å²) in [6, 6.07) is 5.35. The third kappa shape index (κ3) is 2.67. The first-order valence-electron chi connectivity index (χ1n) is 7.81. The standard InChI is InChI=1S/C16H17N5O2S/c1-8-15(22)18-11-6-9(2-3-13(11)24-8)16(23)19-14-10-4-5-17-7-12(10)20-21-14/h2-3,6,8,17H,4-5,7H2,1H3,(H,18,22)(H2,19,20,21,23). The molecule has 2 amide bonds. The first-order valence-corrected chi connectivity index (χ1v) is 8.69. The lowest BCUT2D eigenvalue weighted by Gasteiger charge is -2.21. The second-order valence-corrected chi connectivity index (χ2v) is 7.25. The Labute approximate surface area is 143 Å². The van der Waals surface area contributed by atoms with E-state index in [9.17, 15) is 9.59 Å². The molecule has 0 aliphatic carbocycles. The number of carbonyl (C=O) groups excluding carboxylic acids is 2. The first kappa shape index (κ1) is 15.2. The van der Waals surface area contributed by atoms with Gasteiger partial charge in [-0.05, 0) is 38.1 Å². The molecule has 0 bridgehead atoms. The van der Waals surface area contributed by atoms with Crippen molar-refractivity contribution >= 4 is 35.1 Å². The van der Waals surface area contributed by atoms with Crippen molar-refractivity contribution in [1.29, 1.82) is 0 Å². The molecule has 4 rings (SSSR count). The number of anilines is 2. The third-order valence-electron chi connectivity index (χ3n) is 4.21. The highest BCUT2D eigenvalue weighted by atomic mass is 32.2. The summed E-state index contributed by atoms with van der Waals surface area (Å²) in [5.74, 6) is 0.309. The molecule has 0 spiro atoms. The Kier molecular flexibility index (Phi) is 3.78. The Morgan fingerprint density at radius 2 is 2.29 bits per heavy atom. The molecule has 0 fully saturated rings. The van der Waals surface area contributed by atoms with Crippen LogP contribution in [0, 0.1) is 0 Å². The van der Waals surface area contributed by atoms with Crippen LogP contribution >= 0.6 is 11.8 Å². The first-order chi connectivity index (χ1) is 11.6. The van der Waals surface area contributed by atoms with Gasteiger partial charge in [0.2, 0.25) is 5.91 Å². The molecule has 1 aromatic carbocycles. The van der Waals surface area contributed by atoms with Gasteiger partial charge in [0.1, 0.15) is 0 Å². The van der Waals surface area contributed by atoms with Crippen molar-refractivity contribution in [3.63, 3.8) is 0 Å². The van der Waals surface area contributed by atoms with E-state index in [4.69, 9.17) is 0 Å². The van der Waals surface area contributed by atoms with Crippen LogP contribution in [-0.4, -0.2) is 33.8 Å². The number of amides is 2. The number of thioether (sulfide) groups is 1. The highest BCUT2D eigenvalue weighted by Crippen LogP contribution is 2.36. The van der Waals surface area contributed by atoms with Gasteiger partial charge in [0.05, 0.1) is 16.6 Å². The van der Waals surface area contributed by atoms with Crippen LogP contribution in [0.3, 0.4) is 0 Å². The molecular weight excluding hydrogens is 326 g/mol. The second-order valence-electron chi connectivity index (χ2n) is 5.87. The predicted molar refractivity (Wildman–Crippen MR) is 92.3 cm³/mol. The Morgan fingerprint density at radius 3 is 3.17 bits per heavy atom. The number of rotatable bonds is 2. The maximum atomic E-state index is 12.5. The van der Waals surface area contributed by atoms with Gasteiger partial charge in [-0.1, -0.05) is 0 Å². The smallest absolute Gasteiger partial charge is 0.256 e. The van der Waals surface area contributed by atoms with Gasteiger partial charge >= 0.3 is 0 Å². The molecule has 4 N–H and O–H groups in total. The molecule has 7 nitrogen and oxygen atoms in total. The van der Waals surface area contributed by atoms with E-state index in [0.29, 0.717) is 17.1 Å². The maximum Gasteiger partial charge on any atom is 0.256 e. The van der Waals surface area contributed by atoms with Gasteiger partial charge in [0.25, 0.3) is 5.91 Å². The number of hydrogen-bond acceptors (Lipinski definition) is 5. The Bertz CT molecular complexity index is 832. The lowest BCUT2D eigenvalue weighted by atomic mass is 10.1. The largest absolute Gasteiger partial charge is 0.324 e. The third-order valence-corrected chi connectivity index (χ3v) is 5.39. The summed E-state index contributed by atoms with van der Waals surface area (Å²) in [5.41, 5.74) is 3.25. The fourth-order valence-corrected chi connectivity index (χ4v) is 3.81. The van der Waals surface area contributed by atoms with Crippen molar-refractivity contribution in [2.45, 2.75) is 30.0 Å². The summed E-state index contributed by atoms with van der Waals surface area (Å²) in [6.07, 6.45) is 0.830. The van der Waals surface area contributed by atoms with Gasteiger partial charge in [-0.25, -0.2) is 0 Å². The summed E-state index contributed by atoms with van der Waals surface area (Å²) in [5, 5.41) is 16.0. The van der Waals surface area contributed by atoms with E-state index in [0.717, 1.165) is 35.7 Å². The van der Waals surface area contributed by atoms with Crippen LogP contribution in [0.5, 0.6) is 0 Å². The fourth-order valence-electron chi connectivity index (χ4n) is 2.88. The zero-order valence-electron chi connectivity index (χ0n) is 13.1. The fraction of sp³-hybridized carbons (Fsp3) is 0.312. The SMILES string of the molecule is CC1Sc2ccc(C(=O)Nc3n[nH]c4c3CCNC4)cc2NC1=O. The number of aromatic amines is 1. The Morgan fingerprint density at radius 1 is 1.42 bits per heavy atom. The molecule has 2 aliphatic heterocycles. The zero-order chi connectivity index (χ0) is 16.7. The molecule has 24 heavy (non-hydrogen) atoms. The van der Waals surface area contributed by atoms with Gasteiger partial charge in [-0.15, -0.1) is 11.8 Å². The number of benzene rings is 1. The predicted octanol–water partition coefficient (Wildman–Crippen LogP) is 1.74. The van der Waals surface area contributed by atoms with Crippen molar-refractivity contribution < 1.29 is 9.59 Å². The summed E-state index contributed by atoms with van der Waals surface area (Å²) in [6.45, 7) is 3.47. The lowest BCUT2D eigenvalue weighted by Crippen LogP contribution is -2.27. The van der Waals surface area contributed by atoms with E-state index in [1.165, 1.54) is 11.8 Å². The van der Waals surface area contributed by atoms with Crippen molar-refractivity contribution in [3.8, 4) is 0 Å². The molecule has 8 heteroatoms. The molecular formula is C16H17N5O2S. The summed E-state index contributed by atoms with van der Waals surface area (Å²) < 4.78 is 0. The number of aromatic nitrogens is 2. The zero-order valence-corrected chi connectivity index (χ0v) is 13.9. The average Bonchev–Trinajstić information content (AvgIpc) is 2.99. The van der Waals surface area contributed by atoms with Crippen LogP contribution < -0.4 is 16.0 Å². The topological polar surface area (TPSA) is 98.9 Å². The minimum Gasteiger partial charge on any atom is -0.324 e. The Hall–Kier alpha value is -2.32. The minimum absolute atomic E-state index is 0.0427. The molecule has 0 saturated heterocycles. The molecule has 2 aromatic rings. The number of carbonyl (C=O) groups is 2. The molecule has 3 heterocycles. The molecule has 1 unspecified atom stereocenters. The minimum atomic E-state index is -0.233. The molecule has 124 valence electrons. The maximum absolute atomic E-state index is 12.5. The van der Waals surface area contributed by atoms with E-state index in [1.54, 1.807) is 12.1 Å². The van der Waals surface area contributed by atoms with E-state index < -0.39 is 0 Å². The van der Waals surface area contributed by atoms with Gasteiger partial charge in [-0.3, -0.25) is 14.7 Å². The van der Waals surface area contributed by atoms with Crippen molar-refractivity contribution in [2.75, 3.05) is 17.2 Å². The van der Waals surface area contributed by atoms with Crippen LogP contribution in [0.2, 0.25) is 0 Å². The van der Waals surface area contributed by atoms with Gasteiger partial charge in [-0.2, -0.15) is 5.10 Å². The van der Waals surface area contributed by atoms with Crippen LogP contribution in [0.1, 0.15) is 28.5 Å². The highest BCUT2D eigenvalue weighted by molar-refractivity contribution is 8.00. The molecule has 2 aliphatic rings. The van der Waals surface area contributed by atoms with Crippen LogP contribution in [-0.2, 0) is 17.8 Å². The van der Waals surface area contributed by atoms with Crippen LogP contribution in [0.15, 0.2) is 23.1 Å². The van der Waals surface area contributed by atoms with Gasteiger partial charge in [0, 0.05) is 22.6 Å².